The number of hydrogen-bond acceptors (Lipinski definition) is 3. The molecule has 0 spiro atoms. The molecule has 2 aromatic rings. The molecule has 2 aromatic carbocycles. The Labute approximate surface area is 181 Å². The van der Waals surface area contributed by atoms with Crippen molar-refractivity contribution >= 4 is 23.4 Å². The summed E-state index contributed by atoms with van der Waals surface area (Å²) in [6.45, 7) is 1.93. The van der Waals surface area contributed by atoms with Crippen LogP contribution in [0.4, 0.5) is 5.69 Å². The second-order valence-corrected chi connectivity index (χ2v) is 9.32. The van der Waals surface area contributed by atoms with Crippen LogP contribution in [0.5, 0.6) is 0 Å². The second kappa shape index (κ2) is 6.64. The Morgan fingerprint density at radius 1 is 0.935 bits per heavy atom. The molecule has 156 valence electrons. The monoisotopic (exact) mass is 412 g/mol. The maximum Gasteiger partial charge on any atom is 0.251 e. The third-order valence-corrected chi connectivity index (χ3v) is 7.68. The molecule has 7 atom stereocenters. The molecule has 5 aliphatic rings. The van der Waals surface area contributed by atoms with Gasteiger partial charge < -0.3 is 5.32 Å². The lowest BCUT2D eigenvalue weighted by Gasteiger charge is -2.37. The Bertz CT molecular complexity index is 1090. The molecule has 7 rings (SSSR count). The van der Waals surface area contributed by atoms with Crippen LogP contribution in [0, 0.1) is 35.5 Å². The highest BCUT2D eigenvalue weighted by molar-refractivity contribution is 6.23. The van der Waals surface area contributed by atoms with Crippen LogP contribution in [0.15, 0.2) is 66.7 Å². The number of allylic oxidation sites excluding steroid dienone is 2. The zero-order valence-corrected chi connectivity index (χ0v) is 17.3. The molecular weight excluding hydrogens is 388 g/mol. The topological polar surface area (TPSA) is 66.5 Å². The van der Waals surface area contributed by atoms with Crippen molar-refractivity contribution < 1.29 is 14.4 Å². The van der Waals surface area contributed by atoms with E-state index in [1.54, 1.807) is 24.3 Å². The fourth-order valence-electron chi connectivity index (χ4n) is 6.10. The molecule has 2 saturated carbocycles. The maximum absolute atomic E-state index is 13.3. The number of anilines is 1. The van der Waals surface area contributed by atoms with Crippen LogP contribution in [0.1, 0.15) is 35.3 Å². The number of hydrogen-bond donors (Lipinski definition) is 1. The number of rotatable bonds is 4. The first-order valence-electron chi connectivity index (χ1n) is 11.1. The Morgan fingerprint density at radius 2 is 1.58 bits per heavy atom. The summed E-state index contributed by atoms with van der Waals surface area (Å²) in [5, 5.41) is 3.00. The highest BCUT2D eigenvalue weighted by atomic mass is 16.2. The lowest BCUT2D eigenvalue weighted by molar-refractivity contribution is -0.124. The second-order valence-electron chi connectivity index (χ2n) is 9.32. The SMILES string of the molecule is C[C@H](NC(=O)c1cccc(N2C(=O)[C@@H]3[C@H]4C=C[C@@H]([C@@H]5C[C@H]45)[C@@H]3C2=O)c1)c1ccccc1. The van der Waals surface area contributed by atoms with Gasteiger partial charge in [-0.05, 0) is 60.8 Å². The van der Waals surface area contributed by atoms with Gasteiger partial charge in [-0.15, -0.1) is 0 Å². The Morgan fingerprint density at radius 3 is 2.23 bits per heavy atom. The van der Waals surface area contributed by atoms with Crippen molar-refractivity contribution in [1.82, 2.24) is 5.32 Å². The Hall–Kier alpha value is -3.21. The van der Waals surface area contributed by atoms with Gasteiger partial charge >= 0.3 is 0 Å². The molecular formula is C26H24N2O3. The van der Waals surface area contributed by atoms with E-state index in [1.165, 1.54) is 4.90 Å². The molecule has 1 saturated heterocycles. The number of nitrogens with zero attached hydrogens (tertiary/aromatic N) is 1. The number of carbonyl (C=O) groups excluding carboxylic acids is 3. The molecule has 1 heterocycles. The Kier molecular flexibility index (Phi) is 3.98. The summed E-state index contributed by atoms with van der Waals surface area (Å²) >= 11 is 0. The van der Waals surface area contributed by atoms with Gasteiger partial charge in [0, 0.05) is 5.56 Å². The third kappa shape index (κ3) is 2.72. The van der Waals surface area contributed by atoms with Crippen molar-refractivity contribution in [3.05, 3.63) is 77.9 Å². The summed E-state index contributed by atoms with van der Waals surface area (Å²) < 4.78 is 0. The van der Waals surface area contributed by atoms with Gasteiger partial charge in [-0.3, -0.25) is 14.4 Å². The molecule has 1 N–H and O–H groups in total. The molecule has 5 heteroatoms. The van der Waals surface area contributed by atoms with Crippen molar-refractivity contribution in [2.75, 3.05) is 4.90 Å². The number of benzene rings is 2. The minimum absolute atomic E-state index is 0.102. The molecule has 5 nitrogen and oxygen atoms in total. The molecule has 4 aliphatic carbocycles. The number of imide groups is 1. The molecule has 1 aliphatic heterocycles. The van der Waals surface area contributed by atoms with E-state index in [0.717, 1.165) is 12.0 Å². The van der Waals surface area contributed by atoms with Crippen molar-refractivity contribution in [1.29, 1.82) is 0 Å². The van der Waals surface area contributed by atoms with Gasteiger partial charge in [0.25, 0.3) is 5.91 Å². The van der Waals surface area contributed by atoms with Gasteiger partial charge in [-0.25, -0.2) is 4.90 Å². The predicted molar refractivity (Wildman–Crippen MR) is 116 cm³/mol. The lowest BCUT2D eigenvalue weighted by atomic mass is 9.63. The van der Waals surface area contributed by atoms with Crippen LogP contribution < -0.4 is 10.2 Å². The summed E-state index contributed by atoms with van der Waals surface area (Å²) in [6.07, 6.45) is 5.48. The van der Waals surface area contributed by atoms with Gasteiger partial charge in [-0.2, -0.15) is 0 Å². The average molecular weight is 412 g/mol. The van der Waals surface area contributed by atoms with Crippen LogP contribution in [0.25, 0.3) is 0 Å². The highest BCUT2D eigenvalue weighted by Gasteiger charge is 2.67. The quantitative estimate of drug-likeness (QED) is 0.615. The van der Waals surface area contributed by atoms with E-state index < -0.39 is 0 Å². The summed E-state index contributed by atoms with van der Waals surface area (Å²) in [7, 11) is 0. The summed E-state index contributed by atoms with van der Waals surface area (Å²) in [5.41, 5.74) is 1.96. The summed E-state index contributed by atoms with van der Waals surface area (Å²) in [5.74, 6) is 0.638. The fraction of sp³-hybridized carbons (Fsp3) is 0.346. The zero-order chi connectivity index (χ0) is 21.3. The lowest BCUT2D eigenvalue weighted by Crippen LogP contribution is -2.40. The van der Waals surface area contributed by atoms with Gasteiger partial charge in [-0.1, -0.05) is 48.6 Å². The van der Waals surface area contributed by atoms with Crippen molar-refractivity contribution in [3.63, 3.8) is 0 Å². The van der Waals surface area contributed by atoms with Crippen LogP contribution in [0.3, 0.4) is 0 Å². The number of amides is 3. The molecule has 2 bridgehead atoms. The van der Waals surface area contributed by atoms with E-state index in [0.29, 0.717) is 23.1 Å². The van der Waals surface area contributed by atoms with E-state index in [2.05, 4.69) is 17.5 Å². The molecule has 31 heavy (non-hydrogen) atoms. The first-order chi connectivity index (χ1) is 15.0. The molecule has 0 radical (unpaired) electrons. The van der Waals surface area contributed by atoms with E-state index in [9.17, 15) is 14.4 Å². The average Bonchev–Trinajstić information content (AvgIpc) is 3.57. The van der Waals surface area contributed by atoms with E-state index in [4.69, 9.17) is 0 Å². The van der Waals surface area contributed by atoms with E-state index in [-0.39, 0.29) is 47.4 Å². The summed E-state index contributed by atoms with van der Waals surface area (Å²) in [6, 6.07) is 16.5. The minimum atomic E-state index is -0.234. The highest BCUT2D eigenvalue weighted by Crippen LogP contribution is 2.65. The van der Waals surface area contributed by atoms with Crippen molar-refractivity contribution in [3.8, 4) is 0 Å². The smallest absolute Gasteiger partial charge is 0.251 e. The van der Waals surface area contributed by atoms with Gasteiger partial charge in [0.2, 0.25) is 11.8 Å². The van der Waals surface area contributed by atoms with Gasteiger partial charge in [0.1, 0.15) is 0 Å². The first kappa shape index (κ1) is 18.6. The normalized spacial score (nSPS) is 33.1. The maximum atomic E-state index is 13.3. The van der Waals surface area contributed by atoms with E-state index in [1.807, 2.05) is 37.3 Å². The fourth-order valence-corrected chi connectivity index (χ4v) is 6.10. The minimum Gasteiger partial charge on any atom is -0.346 e. The number of nitrogens with one attached hydrogen (secondary N) is 1. The largest absolute Gasteiger partial charge is 0.346 e. The van der Waals surface area contributed by atoms with Gasteiger partial charge in [0.15, 0.2) is 0 Å². The van der Waals surface area contributed by atoms with E-state index >= 15 is 0 Å². The van der Waals surface area contributed by atoms with Crippen LogP contribution in [-0.4, -0.2) is 17.7 Å². The first-order valence-corrected chi connectivity index (χ1v) is 11.1. The van der Waals surface area contributed by atoms with Crippen molar-refractivity contribution in [2.45, 2.75) is 19.4 Å². The predicted octanol–water partition coefficient (Wildman–Crippen LogP) is 3.74. The molecule has 0 unspecified atom stereocenters. The molecule has 0 aromatic heterocycles. The Balaban J connectivity index is 1.25. The van der Waals surface area contributed by atoms with Crippen LogP contribution in [-0.2, 0) is 9.59 Å². The van der Waals surface area contributed by atoms with Crippen LogP contribution in [0.2, 0.25) is 0 Å². The number of carbonyl (C=O) groups is 3. The zero-order valence-electron chi connectivity index (χ0n) is 17.3. The molecule has 3 amide bonds. The third-order valence-electron chi connectivity index (χ3n) is 7.68. The standard InChI is InChI=1S/C26H24N2O3/c1-14(15-6-3-2-4-7-15)27-24(29)16-8-5-9-17(12-16)28-25(30)22-18-10-11-19(21-13-20(18)21)23(22)26(28)31/h2-12,14,18-23H,13H2,1H3,(H,27,29)/t14-,18-,19-,20-,21+,22-,23+/m0/s1. The summed E-state index contributed by atoms with van der Waals surface area (Å²) in [4.78, 5) is 40.8. The van der Waals surface area contributed by atoms with Crippen LogP contribution >= 0.6 is 0 Å². The van der Waals surface area contributed by atoms with Crippen molar-refractivity contribution in [2.24, 2.45) is 35.5 Å². The molecule has 3 fully saturated rings. The van der Waals surface area contributed by atoms with Gasteiger partial charge in [0.05, 0.1) is 23.6 Å².